The Balaban J connectivity index is 1.62. The molecule has 0 heterocycles. The first-order valence-electron chi connectivity index (χ1n) is 9.41. The first kappa shape index (κ1) is 15.3. The van der Waals surface area contributed by atoms with Gasteiger partial charge >= 0.3 is 0 Å². The van der Waals surface area contributed by atoms with Crippen molar-refractivity contribution in [3.8, 4) is 0 Å². The highest BCUT2D eigenvalue weighted by atomic mass is 15.3. The number of hydrazine groups is 1. The minimum absolute atomic E-state index is 0.530. The average molecular weight is 291 g/mol. The number of amidine groups is 1. The fourth-order valence-corrected chi connectivity index (χ4v) is 4.97. The van der Waals surface area contributed by atoms with Gasteiger partial charge in [-0.1, -0.05) is 51.4 Å². The molecule has 0 bridgehead atoms. The zero-order valence-corrected chi connectivity index (χ0v) is 13.5. The molecule has 120 valence electrons. The first-order valence-corrected chi connectivity index (χ1v) is 9.41. The van der Waals surface area contributed by atoms with Crippen LogP contribution < -0.4 is 11.3 Å². The molecule has 0 aliphatic heterocycles. The van der Waals surface area contributed by atoms with E-state index in [9.17, 15) is 0 Å². The number of rotatable bonds is 2. The Kier molecular flexibility index (Phi) is 5.56. The minimum atomic E-state index is 0.530. The normalized spacial score (nSPS) is 35.9. The summed E-state index contributed by atoms with van der Waals surface area (Å²) in [7, 11) is 0. The van der Waals surface area contributed by atoms with Crippen LogP contribution in [0.2, 0.25) is 0 Å². The van der Waals surface area contributed by atoms with Crippen molar-refractivity contribution in [3.63, 3.8) is 0 Å². The highest BCUT2D eigenvalue weighted by Crippen LogP contribution is 2.42. The maximum Gasteiger partial charge on any atom is 0.114 e. The Morgan fingerprint density at radius 1 is 0.762 bits per heavy atom. The van der Waals surface area contributed by atoms with Crippen LogP contribution in [0, 0.1) is 17.8 Å². The summed E-state index contributed by atoms with van der Waals surface area (Å²) in [6, 6.07) is 0.530. The van der Waals surface area contributed by atoms with E-state index in [0.717, 1.165) is 17.7 Å². The molecule has 3 unspecified atom stereocenters. The predicted molar refractivity (Wildman–Crippen MR) is 89.0 cm³/mol. The number of aliphatic imine (C=N–C) groups is 1. The van der Waals surface area contributed by atoms with E-state index < -0.39 is 0 Å². The maximum atomic E-state index is 5.85. The second-order valence-corrected chi connectivity index (χ2v) is 7.62. The van der Waals surface area contributed by atoms with Gasteiger partial charge in [0.15, 0.2) is 0 Å². The van der Waals surface area contributed by atoms with Crippen molar-refractivity contribution in [3.05, 3.63) is 0 Å². The topological polar surface area (TPSA) is 50.4 Å². The van der Waals surface area contributed by atoms with E-state index in [4.69, 9.17) is 10.8 Å². The van der Waals surface area contributed by atoms with Crippen LogP contribution in [0.25, 0.3) is 0 Å². The Labute approximate surface area is 130 Å². The van der Waals surface area contributed by atoms with Crippen LogP contribution in [0.1, 0.15) is 83.5 Å². The molecule has 3 fully saturated rings. The molecule has 3 atom stereocenters. The van der Waals surface area contributed by atoms with E-state index in [-0.39, 0.29) is 0 Å². The Bertz CT molecular complexity index is 344. The number of nitrogens with two attached hydrogens (primary N) is 1. The van der Waals surface area contributed by atoms with Crippen LogP contribution in [-0.4, -0.2) is 11.9 Å². The predicted octanol–water partition coefficient (Wildman–Crippen LogP) is 4.18. The molecular formula is C18H33N3. The molecule has 3 aliphatic rings. The second kappa shape index (κ2) is 7.62. The standard InChI is InChI=1S/C18H33N3/c19-21-18(20-17-9-3-1-2-4-10-17)16-12-11-14-7-5-6-8-15(14)13-16/h14-17H,1-13,19H2,(H,20,21). The Hall–Kier alpha value is -0.570. The molecule has 0 aromatic heterocycles. The van der Waals surface area contributed by atoms with E-state index in [1.165, 1.54) is 83.5 Å². The van der Waals surface area contributed by atoms with Crippen LogP contribution in [0.3, 0.4) is 0 Å². The van der Waals surface area contributed by atoms with Crippen LogP contribution in [0.5, 0.6) is 0 Å². The fourth-order valence-electron chi connectivity index (χ4n) is 4.97. The third-order valence-corrected chi connectivity index (χ3v) is 6.22. The van der Waals surface area contributed by atoms with Crippen LogP contribution in [-0.2, 0) is 0 Å². The fraction of sp³-hybridized carbons (Fsp3) is 0.944. The number of nitrogens with zero attached hydrogens (tertiary/aromatic N) is 1. The van der Waals surface area contributed by atoms with Gasteiger partial charge < -0.3 is 5.43 Å². The number of hydrogen-bond acceptors (Lipinski definition) is 2. The van der Waals surface area contributed by atoms with Gasteiger partial charge in [-0.15, -0.1) is 0 Å². The van der Waals surface area contributed by atoms with Gasteiger partial charge in [-0.25, -0.2) is 5.84 Å². The minimum Gasteiger partial charge on any atom is -0.312 e. The van der Waals surface area contributed by atoms with Crippen molar-refractivity contribution >= 4 is 5.84 Å². The Morgan fingerprint density at radius 2 is 1.43 bits per heavy atom. The van der Waals surface area contributed by atoms with Gasteiger partial charge in [0.1, 0.15) is 5.84 Å². The molecule has 0 saturated heterocycles. The lowest BCUT2D eigenvalue weighted by Crippen LogP contribution is -2.41. The molecule has 0 amide bonds. The third-order valence-electron chi connectivity index (χ3n) is 6.22. The third kappa shape index (κ3) is 4.00. The Morgan fingerprint density at radius 3 is 2.14 bits per heavy atom. The summed E-state index contributed by atoms with van der Waals surface area (Å²) in [6.07, 6.45) is 17.9. The van der Waals surface area contributed by atoms with E-state index in [2.05, 4.69) is 5.43 Å². The first-order chi connectivity index (χ1) is 10.4. The van der Waals surface area contributed by atoms with Crippen molar-refractivity contribution in [2.75, 3.05) is 0 Å². The summed E-state index contributed by atoms with van der Waals surface area (Å²) in [6.45, 7) is 0. The van der Waals surface area contributed by atoms with Crippen molar-refractivity contribution in [2.24, 2.45) is 28.6 Å². The van der Waals surface area contributed by atoms with Crippen molar-refractivity contribution in [1.82, 2.24) is 5.43 Å². The zero-order chi connectivity index (χ0) is 14.5. The van der Waals surface area contributed by atoms with E-state index in [0.29, 0.717) is 12.0 Å². The molecular weight excluding hydrogens is 258 g/mol. The number of hydrogen-bond donors (Lipinski definition) is 2. The summed E-state index contributed by atoms with van der Waals surface area (Å²) in [4.78, 5) is 5.06. The smallest absolute Gasteiger partial charge is 0.114 e. The van der Waals surface area contributed by atoms with Gasteiger partial charge in [-0.05, 0) is 43.9 Å². The van der Waals surface area contributed by atoms with E-state index >= 15 is 0 Å². The van der Waals surface area contributed by atoms with Gasteiger partial charge in [-0.2, -0.15) is 0 Å². The van der Waals surface area contributed by atoms with Crippen LogP contribution >= 0.6 is 0 Å². The number of fused-ring (bicyclic) bond motifs is 1. The monoisotopic (exact) mass is 291 g/mol. The summed E-state index contributed by atoms with van der Waals surface area (Å²) >= 11 is 0. The SMILES string of the molecule is NNC(=NC1CCCCCC1)C1CCC2CCCCC2C1. The highest BCUT2D eigenvalue weighted by molar-refractivity contribution is 5.84. The van der Waals surface area contributed by atoms with Gasteiger partial charge in [0.2, 0.25) is 0 Å². The van der Waals surface area contributed by atoms with E-state index in [1.54, 1.807) is 0 Å². The molecule has 3 rings (SSSR count). The van der Waals surface area contributed by atoms with Gasteiger partial charge in [0.25, 0.3) is 0 Å². The lowest BCUT2D eigenvalue weighted by atomic mass is 9.67. The van der Waals surface area contributed by atoms with Gasteiger partial charge in [-0.3, -0.25) is 4.99 Å². The van der Waals surface area contributed by atoms with Gasteiger partial charge in [0, 0.05) is 5.92 Å². The molecule has 3 aliphatic carbocycles. The maximum absolute atomic E-state index is 5.85. The quantitative estimate of drug-likeness (QED) is 0.264. The molecule has 3 N–H and O–H groups in total. The second-order valence-electron chi connectivity index (χ2n) is 7.62. The highest BCUT2D eigenvalue weighted by Gasteiger charge is 2.34. The van der Waals surface area contributed by atoms with Crippen molar-refractivity contribution < 1.29 is 0 Å². The largest absolute Gasteiger partial charge is 0.312 e. The molecule has 3 saturated carbocycles. The molecule has 0 spiro atoms. The summed E-state index contributed by atoms with van der Waals surface area (Å²) in [5.74, 6) is 9.54. The molecule has 0 radical (unpaired) electrons. The summed E-state index contributed by atoms with van der Waals surface area (Å²) in [5.41, 5.74) is 2.98. The van der Waals surface area contributed by atoms with Gasteiger partial charge in [0.05, 0.1) is 6.04 Å². The van der Waals surface area contributed by atoms with Crippen LogP contribution in [0.15, 0.2) is 4.99 Å². The molecule has 0 aromatic carbocycles. The van der Waals surface area contributed by atoms with Crippen molar-refractivity contribution in [2.45, 2.75) is 89.5 Å². The van der Waals surface area contributed by atoms with Crippen LogP contribution in [0.4, 0.5) is 0 Å². The number of nitrogens with one attached hydrogen (secondary N) is 1. The average Bonchev–Trinajstić information content (AvgIpc) is 2.81. The van der Waals surface area contributed by atoms with Crippen molar-refractivity contribution in [1.29, 1.82) is 0 Å². The summed E-state index contributed by atoms with van der Waals surface area (Å²) < 4.78 is 0. The summed E-state index contributed by atoms with van der Waals surface area (Å²) in [5, 5.41) is 0. The molecule has 21 heavy (non-hydrogen) atoms. The lowest BCUT2D eigenvalue weighted by Gasteiger charge is -2.39. The lowest BCUT2D eigenvalue weighted by molar-refractivity contribution is 0.151. The molecule has 0 aromatic rings. The molecule has 3 heteroatoms. The zero-order valence-electron chi connectivity index (χ0n) is 13.5. The molecule has 3 nitrogen and oxygen atoms in total. The van der Waals surface area contributed by atoms with E-state index in [1.807, 2.05) is 0 Å².